The van der Waals surface area contributed by atoms with Gasteiger partial charge in [0.1, 0.15) is 0 Å². The molecule has 5 nitrogen and oxygen atoms in total. The minimum absolute atomic E-state index is 0. The Hall–Kier alpha value is -5.88. The largest absolute Gasteiger partial charge is 0.307 e. The van der Waals surface area contributed by atoms with E-state index in [1.807, 2.05) is 86.8 Å². The zero-order chi connectivity index (χ0) is 41.1. The van der Waals surface area contributed by atoms with Gasteiger partial charge in [-0.3, -0.25) is 14.0 Å². The van der Waals surface area contributed by atoms with Gasteiger partial charge in [0, 0.05) is 59.9 Å². The third kappa shape index (κ3) is 7.85. The van der Waals surface area contributed by atoms with Crippen LogP contribution >= 0.6 is 0 Å². The van der Waals surface area contributed by atoms with Gasteiger partial charge in [-0.2, -0.15) is 0 Å². The van der Waals surface area contributed by atoms with Crippen molar-refractivity contribution < 1.29 is 24.5 Å². The quantitative estimate of drug-likeness (QED) is 0.101. The first kappa shape index (κ1) is 41.3. The number of benzene rings is 5. The molecule has 0 fully saturated rings. The van der Waals surface area contributed by atoms with Crippen molar-refractivity contribution in [2.45, 2.75) is 66.2 Å². The van der Waals surface area contributed by atoms with E-state index in [0.29, 0.717) is 27.1 Å². The number of rotatable bonds is 3. The molecule has 59 heavy (non-hydrogen) atoms. The normalized spacial score (nSPS) is 11.8. The summed E-state index contributed by atoms with van der Waals surface area (Å²) < 4.78 is 14.9. The van der Waals surface area contributed by atoms with Crippen LogP contribution in [0.3, 0.4) is 0 Å². The third-order valence-electron chi connectivity index (χ3n) is 11.0. The van der Waals surface area contributed by atoms with Gasteiger partial charge >= 0.3 is 0 Å². The van der Waals surface area contributed by atoms with Gasteiger partial charge in [-0.25, -0.2) is 0 Å². The number of nitrogens with zero attached hydrogens (tertiary/aromatic N) is 3. The standard InChI is InChI=1S/C39H33N2O2.C13H11FN.Ir/c1-38(2,3)26-13-15-28-33(21-26)41-34-22-27(39(4,5)6)14-16-29(34)37(43)31-20-25(19-30(35(31)41)36(28)42)23-10-9-11-24(18-23)32-12-7-8-17-40-32;1-9-7-13(15-8-10(9)2)11-3-5-12(14)6-4-11;/h7-10,12-22H,1-6H3;3,5-8H,1-2H3;/q2*-1;. The maximum atomic E-state index is 14.3. The summed E-state index contributed by atoms with van der Waals surface area (Å²) in [7, 11) is 0. The topological polar surface area (TPSA) is 64.3 Å². The molecule has 0 spiro atoms. The maximum absolute atomic E-state index is 14.3. The van der Waals surface area contributed by atoms with Crippen LogP contribution in [0.25, 0.3) is 71.7 Å². The Balaban J connectivity index is 0.000000278. The molecule has 0 aliphatic rings. The van der Waals surface area contributed by atoms with Crippen molar-refractivity contribution in [2.24, 2.45) is 0 Å². The fourth-order valence-electron chi connectivity index (χ4n) is 7.45. The van der Waals surface area contributed by atoms with Crippen LogP contribution in [0.4, 0.5) is 4.39 Å². The summed E-state index contributed by atoms with van der Waals surface area (Å²) in [5.41, 5.74) is 11.6. The predicted octanol–water partition coefficient (Wildman–Crippen LogP) is 12.0. The number of fused-ring (bicyclic) bond motifs is 4. The minimum atomic E-state index is -0.275. The van der Waals surface area contributed by atoms with E-state index >= 15 is 0 Å². The second kappa shape index (κ2) is 15.7. The van der Waals surface area contributed by atoms with E-state index in [1.165, 1.54) is 17.7 Å². The monoisotopic (exact) mass is 954 g/mol. The molecule has 0 N–H and O–H groups in total. The van der Waals surface area contributed by atoms with E-state index in [2.05, 4.69) is 92.3 Å². The zero-order valence-electron chi connectivity index (χ0n) is 34.4. The molecular formula is C52H44FIrN3O2-2. The van der Waals surface area contributed by atoms with Crippen LogP contribution in [0, 0.1) is 31.8 Å². The Morgan fingerprint density at radius 1 is 0.593 bits per heavy atom. The summed E-state index contributed by atoms with van der Waals surface area (Å²) in [6.07, 6.45) is 3.58. The summed E-state index contributed by atoms with van der Waals surface area (Å²) in [4.78, 5) is 37.3. The second-order valence-corrected chi connectivity index (χ2v) is 17.2. The van der Waals surface area contributed by atoms with Gasteiger partial charge in [0.25, 0.3) is 0 Å². The van der Waals surface area contributed by atoms with Crippen LogP contribution < -0.4 is 10.9 Å². The fourth-order valence-corrected chi connectivity index (χ4v) is 7.45. The number of pyridine rings is 4. The first-order valence-corrected chi connectivity index (χ1v) is 19.5. The van der Waals surface area contributed by atoms with E-state index in [4.69, 9.17) is 0 Å². The van der Waals surface area contributed by atoms with Crippen LogP contribution in [-0.2, 0) is 30.9 Å². The molecule has 0 atom stereocenters. The molecule has 297 valence electrons. The average molecular weight is 954 g/mol. The van der Waals surface area contributed by atoms with Crippen molar-refractivity contribution in [1.29, 1.82) is 0 Å². The molecule has 0 amide bonds. The third-order valence-corrected chi connectivity index (χ3v) is 11.0. The van der Waals surface area contributed by atoms with Crippen LogP contribution in [0.1, 0.15) is 63.8 Å². The van der Waals surface area contributed by atoms with Crippen molar-refractivity contribution in [2.75, 3.05) is 0 Å². The van der Waals surface area contributed by atoms with E-state index in [9.17, 15) is 14.0 Å². The zero-order valence-corrected chi connectivity index (χ0v) is 36.8. The van der Waals surface area contributed by atoms with E-state index in [-0.39, 0.29) is 47.6 Å². The van der Waals surface area contributed by atoms with Crippen LogP contribution in [0.2, 0.25) is 0 Å². The van der Waals surface area contributed by atoms with Crippen LogP contribution in [-0.4, -0.2) is 14.4 Å². The summed E-state index contributed by atoms with van der Waals surface area (Å²) in [6.45, 7) is 17.1. The van der Waals surface area contributed by atoms with Crippen molar-refractivity contribution in [1.82, 2.24) is 14.4 Å². The molecule has 0 aliphatic carbocycles. The van der Waals surface area contributed by atoms with Gasteiger partial charge in [0.2, 0.25) is 0 Å². The molecule has 9 rings (SSSR count). The van der Waals surface area contributed by atoms with Crippen LogP contribution in [0.5, 0.6) is 0 Å². The van der Waals surface area contributed by atoms with Gasteiger partial charge in [-0.05, 0) is 101 Å². The number of hydrogen-bond donors (Lipinski definition) is 0. The molecule has 0 saturated heterocycles. The first-order chi connectivity index (χ1) is 27.6. The summed E-state index contributed by atoms with van der Waals surface area (Å²) >= 11 is 0. The van der Waals surface area contributed by atoms with Crippen molar-refractivity contribution in [3.63, 3.8) is 0 Å². The van der Waals surface area contributed by atoms with E-state index in [0.717, 1.165) is 61.4 Å². The maximum Gasteiger partial charge on any atom is 0.197 e. The molecule has 7 heteroatoms. The van der Waals surface area contributed by atoms with Gasteiger partial charge < -0.3 is 14.4 Å². The molecule has 4 aromatic heterocycles. The van der Waals surface area contributed by atoms with E-state index < -0.39 is 0 Å². The molecule has 0 saturated carbocycles. The Labute approximate surface area is 357 Å². The number of halogens is 1. The molecule has 4 heterocycles. The van der Waals surface area contributed by atoms with Gasteiger partial charge in [-0.15, -0.1) is 65.2 Å². The number of aromatic nitrogens is 3. The Morgan fingerprint density at radius 3 is 1.75 bits per heavy atom. The summed E-state index contributed by atoms with van der Waals surface area (Å²) in [6, 6.07) is 40.3. The van der Waals surface area contributed by atoms with Gasteiger partial charge in [-0.1, -0.05) is 77.4 Å². The second-order valence-electron chi connectivity index (χ2n) is 17.2. The Kier molecular flexibility index (Phi) is 11.0. The summed E-state index contributed by atoms with van der Waals surface area (Å²) in [5, 5.41) is 2.35. The molecular weight excluding hydrogens is 910 g/mol. The summed E-state index contributed by atoms with van der Waals surface area (Å²) in [5.74, 6) is -0.275. The fraction of sp³-hybridized carbons (Fsp3) is 0.192. The molecule has 5 aromatic carbocycles. The van der Waals surface area contributed by atoms with Crippen molar-refractivity contribution >= 4 is 38.1 Å². The molecule has 0 bridgehead atoms. The SMILES string of the molecule is CC(C)(C)c1ccc2c(=O)c3cc(-c4cc[c-]c(-c5ccccn5)c4)cc4c(=O)c5ccc(C(C)(C)C)cc5n(c2c1)c34.Cc1cnc(-c2[c-]cc(F)cc2)cc1C.[Ir]. The van der Waals surface area contributed by atoms with Crippen molar-refractivity contribution in [3.8, 4) is 33.6 Å². The first-order valence-electron chi connectivity index (χ1n) is 19.5. The Bertz CT molecular complexity index is 3020. The number of hydrogen-bond acceptors (Lipinski definition) is 4. The molecule has 0 aliphatic heterocycles. The minimum Gasteiger partial charge on any atom is -0.307 e. The Morgan fingerprint density at radius 2 is 1.22 bits per heavy atom. The molecule has 1 radical (unpaired) electrons. The van der Waals surface area contributed by atoms with E-state index in [1.54, 1.807) is 12.3 Å². The van der Waals surface area contributed by atoms with Gasteiger partial charge in [0.05, 0.1) is 16.6 Å². The van der Waals surface area contributed by atoms with Crippen LogP contribution in [0.15, 0.2) is 131 Å². The number of aryl methyl sites for hydroxylation is 2. The van der Waals surface area contributed by atoms with Crippen molar-refractivity contribution in [3.05, 3.63) is 182 Å². The molecule has 9 aromatic rings. The predicted molar refractivity (Wildman–Crippen MR) is 236 cm³/mol. The average Bonchev–Trinajstić information content (AvgIpc) is 3.21. The van der Waals surface area contributed by atoms with Gasteiger partial charge in [0.15, 0.2) is 10.9 Å². The molecule has 0 unspecified atom stereocenters. The smallest absolute Gasteiger partial charge is 0.197 e.